The van der Waals surface area contributed by atoms with Crippen molar-refractivity contribution < 1.29 is 17.0 Å². The van der Waals surface area contributed by atoms with E-state index in [0.717, 1.165) is 24.4 Å². The van der Waals surface area contributed by atoms with Gasteiger partial charge in [0.25, 0.3) is 0 Å². The predicted molar refractivity (Wildman–Crippen MR) is 77.2 cm³/mol. The molecule has 0 unspecified atom stereocenters. The summed E-state index contributed by atoms with van der Waals surface area (Å²) in [4.78, 5) is 2.71. The standard InChI is InChI=1S/C16H22N.BrH.Mg/c1-13-11-17(12-14-7-3-2-4-8-14)16-10-6-5-9-15(13)16;;/h2-4,7-9,13,15-16H,5-6,10-12H2,1H3;1H;/q-1;;+2/p-1/t13-,15+,16+;;/m0../s1. The number of hydrogen-bond donors (Lipinski definition) is 0. The summed E-state index contributed by atoms with van der Waals surface area (Å²) in [6, 6.07) is 11.7. The largest absolute Gasteiger partial charge is 2.00 e. The van der Waals surface area contributed by atoms with E-state index in [0.29, 0.717) is 0 Å². The van der Waals surface area contributed by atoms with Crippen molar-refractivity contribution in [3.05, 3.63) is 42.3 Å². The number of halogens is 1. The van der Waals surface area contributed by atoms with Gasteiger partial charge in [-0.2, -0.15) is 6.42 Å². The molecular formula is C16H22BrMgN. The second-order valence-corrected chi connectivity index (χ2v) is 5.70. The molecule has 100 valence electrons. The number of fused-ring (bicyclic) bond motifs is 1. The second-order valence-electron chi connectivity index (χ2n) is 5.70. The van der Waals surface area contributed by atoms with E-state index in [1.807, 2.05) is 0 Å². The molecule has 19 heavy (non-hydrogen) atoms. The van der Waals surface area contributed by atoms with Crippen molar-refractivity contribution in [2.24, 2.45) is 11.8 Å². The molecule has 0 bridgehead atoms. The molecule has 0 spiro atoms. The minimum Gasteiger partial charge on any atom is -1.00 e. The van der Waals surface area contributed by atoms with Crippen LogP contribution in [0.2, 0.25) is 0 Å². The number of benzene rings is 1. The molecule has 0 radical (unpaired) electrons. The van der Waals surface area contributed by atoms with Crippen molar-refractivity contribution in [3.8, 4) is 0 Å². The Balaban J connectivity index is 0.000000902. The zero-order chi connectivity index (χ0) is 11.7. The molecule has 1 nitrogen and oxygen atoms in total. The molecule has 2 aliphatic rings. The summed E-state index contributed by atoms with van der Waals surface area (Å²) in [5.41, 5.74) is 1.46. The zero-order valence-corrected chi connectivity index (χ0v) is 14.8. The van der Waals surface area contributed by atoms with Gasteiger partial charge in [0, 0.05) is 6.54 Å². The third kappa shape index (κ3) is 3.96. The Morgan fingerprint density at radius 3 is 2.74 bits per heavy atom. The maximum Gasteiger partial charge on any atom is 2.00 e. The van der Waals surface area contributed by atoms with Crippen LogP contribution in [0.3, 0.4) is 0 Å². The predicted octanol–water partition coefficient (Wildman–Crippen LogP) is 0.134. The van der Waals surface area contributed by atoms with Gasteiger partial charge in [0.2, 0.25) is 0 Å². The van der Waals surface area contributed by atoms with E-state index >= 15 is 0 Å². The smallest absolute Gasteiger partial charge is 1.00 e. The van der Waals surface area contributed by atoms with E-state index in [1.165, 1.54) is 31.4 Å². The molecule has 1 saturated carbocycles. The molecule has 1 aliphatic heterocycles. The fourth-order valence-corrected chi connectivity index (χ4v) is 3.65. The van der Waals surface area contributed by atoms with Crippen molar-refractivity contribution in [3.63, 3.8) is 0 Å². The van der Waals surface area contributed by atoms with Crippen molar-refractivity contribution in [1.29, 1.82) is 0 Å². The van der Waals surface area contributed by atoms with Crippen molar-refractivity contribution in [1.82, 2.24) is 4.90 Å². The summed E-state index contributed by atoms with van der Waals surface area (Å²) in [5, 5.41) is 0. The van der Waals surface area contributed by atoms with E-state index in [4.69, 9.17) is 0 Å². The summed E-state index contributed by atoms with van der Waals surface area (Å²) in [6.07, 6.45) is 6.71. The van der Waals surface area contributed by atoms with Crippen LogP contribution in [0, 0.1) is 18.3 Å². The van der Waals surface area contributed by atoms with Gasteiger partial charge in [-0.3, -0.25) is 4.90 Å². The molecule has 3 atom stereocenters. The Morgan fingerprint density at radius 2 is 2.00 bits per heavy atom. The average Bonchev–Trinajstić information content (AvgIpc) is 2.69. The molecule has 0 N–H and O–H groups in total. The van der Waals surface area contributed by atoms with Gasteiger partial charge >= 0.3 is 23.1 Å². The fraction of sp³-hybridized carbons (Fsp3) is 0.562. The zero-order valence-electron chi connectivity index (χ0n) is 11.8. The van der Waals surface area contributed by atoms with E-state index < -0.39 is 0 Å². The first-order valence-corrected chi connectivity index (χ1v) is 6.96. The van der Waals surface area contributed by atoms with Crippen LogP contribution >= 0.6 is 0 Å². The molecule has 1 heterocycles. The van der Waals surface area contributed by atoms with Crippen molar-refractivity contribution >= 4 is 23.1 Å². The quantitative estimate of drug-likeness (QED) is 0.550. The van der Waals surface area contributed by atoms with Crippen LogP contribution < -0.4 is 17.0 Å². The summed E-state index contributed by atoms with van der Waals surface area (Å²) >= 11 is 0. The van der Waals surface area contributed by atoms with Gasteiger partial charge in [0.05, 0.1) is 0 Å². The van der Waals surface area contributed by atoms with E-state index in [1.54, 1.807) is 0 Å². The Bertz CT molecular complexity index is 370. The van der Waals surface area contributed by atoms with Gasteiger partial charge in [-0.1, -0.05) is 49.6 Å². The summed E-state index contributed by atoms with van der Waals surface area (Å²) in [7, 11) is 0. The SMILES string of the molecule is C[C@H]1CN(Cc2ccccc2)[C@@H]2CCC[CH-][C@@H]21.[Br-].[Mg+2]. The molecule has 1 aliphatic carbocycles. The van der Waals surface area contributed by atoms with Gasteiger partial charge in [-0.25, -0.2) is 0 Å². The number of nitrogens with zero attached hydrogens (tertiary/aromatic N) is 1. The topological polar surface area (TPSA) is 3.24 Å². The van der Waals surface area contributed by atoms with Crippen LogP contribution in [-0.4, -0.2) is 40.5 Å². The van der Waals surface area contributed by atoms with Gasteiger partial charge in [-0.05, 0) is 24.6 Å². The molecule has 1 aromatic rings. The van der Waals surface area contributed by atoms with Crippen LogP contribution in [-0.2, 0) is 6.54 Å². The van der Waals surface area contributed by atoms with Gasteiger partial charge in [-0.15, -0.1) is 5.92 Å². The first kappa shape index (κ1) is 17.5. The van der Waals surface area contributed by atoms with Crippen LogP contribution in [0.15, 0.2) is 30.3 Å². The van der Waals surface area contributed by atoms with Gasteiger partial charge in [0.1, 0.15) is 0 Å². The van der Waals surface area contributed by atoms with E-state index in [2.05, 4.69) is 48.6 Å². The minimum atomic E-state index is 0. The Kier molecular flexibility index (Phi) is 7.37. The van der Waals surface area contributed by atoms with Crippen LogP contribution in [0.5, 0.6) is 0 Å². The number of likely N-dealkylation sites (tertiary alicyclic amines) is 1. The Hall–Kier alpha value is 0.426. The van der Waals surface area contributed by atoms with Crippen LogP contribution in [0.4, 0.5) is 0 Å². The summed E-state index contributed by atoms with van der Waals surface area (Å²) in [5.74, 6) is 1.71. The van der Waals surface area contributed by atoms with Gasteiger partial charge in [0.15, 0.2) is 0 Å². The van der Waals surface area contributed by atoms with Crippen LogP contribution in [0.25, 0.3) is 0 Å². The monoisotopic (exact) mass is 331 g/mol. The summed E-state index contributed by atoms with van der Waals surface area (Å²) in [6.45, 7) is 4.84. The molecule has 0 amide bonds. The number of hydrogen-bond acceptors (Lipinski definition) is 1. The van der Waals surface area contributed by atoms with E-state index in [-0.39, 0.29) is 40.0 Å². The van der Waals surface area contributed by atoms with Crippen LogP contribution in [0.1, 0.15) is 31.7 Å². The molecule has 0 aromatic heterocycles. The molecule has 1 aromatic carbocycles. The molecular weight excluding hydrogens is 310 g/mol. The van der Waals surface area contributed by atoms with E-state index in [9.17, 15) is 0 Å². The molecule has 1 saturated heterocycles. The maximum atomic E-state index is 2.71. The second kappa shape index (κ2) is 8.01. The summed E-state index contributed by atoms with van der Waals surface area (Å²) < 4.78 is 0. The normalized spacial score (nSPS) is 30.1. The molecule has 2 fully saturated rings. The minimum absolute atomic E-state index is 0. The molecule has 3 heteroatoms. The van der Waals surface area contributed by atoms with Gasteiger partial charge < -0.3 is 23.4 Å². The Morgan fingerprint density at radius 1 is 1.26 bits per heavy atom. The molecule has 3 rings (SSSR count). The fourth-order valence-electron chi connectivity index (χ4n) is 3.65. The third-order valence-corrected chi connectivity index (χ3v) is 4.46. The van der Waals surface area contributed by atoms with Crippen molar-refractivity contribution in [2.45, 2.75) is 38.8 Å². The first-order chi connectivity index (χ1) is 8.34. The third-order valence-electron chi connectivity index (χ3n) is 4.46. The van der Waals surface area contributed by atoms with Crippen molar-refractivity contribution in [2.75, 3.05) is 6.54 Å². The number of rotatable bonds is 2. The average molecular weight is 333 g/mol. The first-order valence-electron chi connectivity index (χ1n) is 6.96. The maximum absolute atomic E-state index is 2.71. The Labute approximate surface area is 144 Å².